The third kappa shape index (κ3) is 6.86. The van der Waals surface area contributed by atoms with Crippen molar-refractivity contribution in [3.63, 3.8) is 0 Å². The number of carboxylic acids is 3. The van der Waals surface area contributed by atoms with E-state index in [0.717, 1.165) is 0 Å². The van der Waals surface area contributed by atoms with Crippen LogP contribution < -0.4 is 21.5 Å². The number of hydrogen-bond donors (Lipinski definition) is 2. The number of aliphatic carboxylic acids is 3. The van der Waals surface area contributed by atoms with Gasteiger partial charge in [-0.1, -0.05) is 0 Å². The maximum atomic E-state index is 10.1. The Morgan fingerprint density at radius 3 is 1.40 bits per heavy atom. The molecule has 0 saturated heterocycles. The Morgan fingerprint density at radius 2 is 1.27 bits per heavy atom. The van der Waals surface area contributed by atoms with E-state index in [-0.39, 0.29) is 23.2 Å². The molecule has 0 aromatic heterocycles. The van der Waals surface area contributed by atoms with Crippen LogP contribution in [0.3, 0.4) is 0 Å². The van der Waals surface area contributed by atoms with E-state index in [0.29, 0.717) is 0 Å². The van der Waals surface area contributed by atoms with Gasteiger partial charge in [-0.05, 0) is 0 Å². The fourth-order valence-electron chi connectivity index (χ4n) is 0.684. The molecule has 15 heavy (non-hydrogen) atoms. The fourth-order valence-corrected chi connectivity index (χ4v) is 0.684. The second-order valence-corrected chi connectivity index (χ2v) is 2.42. The average Bonchev–Trinajstić information content (AvgIpc) is 1.82. The van der Waals surface area contributed by atoms with Crippen molar-refractivity contribution in [1.82, 2.24) is 6.15 Å². The topological polar surface area (TPSA) is 176 Å². The van der Waals surface area contributed by atoms with Crippen molar-refractivity contribution < 1.29 is 51.9 Å². The summed E-state index contributed by atoms with van der Waals surface area (Å²) in [5.74, 6) is -5.98. The minimum Gasteiger partial charge on any atom is -0.550 e. The summed E-state index contributed by atoms with van der Waals surface area (Å²) in [7, 11) is 0. The van der Waals surface area contributed by atoms with Crippen molar-refractivity contribution in [2.24, 2.45) is 0 Å². The van der Waals surface area contributed by atoms with Crippen LogP contribution in [0.25, 0.3) is 0 Å². The number of carbonyl (C=O) groups excluding carboxylic acids is 3. The molecule has 0 rings (SSSR count). The van der Waals surface area contributed by atoms with Gasteiger partial charge in [0.2, 0.25) is 0 Å². The van der Waals surface area contributed by atoms with Gasteiger partial charge in [0, 0.05) is 41.8 Å². The van der Waals surface area contributed by atoms with Gasteiger partial charge in [-0.25, -0.2) is 0 Å². The molecule has 4 N–H and O–H groups in total. The predicted octanol–water partition coefficient (Wildman–Crippen LogP) is -5.09. The molecule has 0 heterocycles. The van der Waals surface area contributed by atoms with Crippen LogP contribution in [0.1, 0.15) is 12.8 Å². The van der Waals surface area contributed by atoms with E-state index in [9.17, 15) is 29.7 Å². The van der Waals surface area contributed by atoms with Gasteiger partial charge < -0.3 is 41.0 Å². The van der Waals surface area contributed by atoms with Gasteiger partial charge in [-0.3, -0.25) is 0 Å². The Kier molecular flexibility index (Phi) is 9.30. The maximum absolute atomic E-state index is 10.1. The number of carboxylic acid groups (broad SMARTS) is 3. The summed E-state index contributed by atoms with van der Waals surface area (Å²) in [6.45, 7) is 0. The van der Waals surface area contributed by atoms with Crippen molar-refractivity contribution in [3.8, 4) is 0 Å². The molecule has 0 fully saturated rings. The molecule has 9 heteroatoms. The standard InChI is InChI=1S/C6H8O7.Cu.H3N/c7-3(8)1-6(13,5(11)12)2-4(9)10;;/h13H,1-2H2,(H,7,8)(H,9,10)(H,11,12);;1H3/p-3. The number of rotatable bonds is 5. The van der Waals surface area contributed by atoms with Gasteiger partial charge in [-0.2, -0.15) is 0 Å². The van der Waals surface area contributed by atoms with E-state index in [1.807, 2.05) is 0 Å². The summed E-state index contributed by atoms with van der Waals surface area (Å²) in [6, 6.07) is 0. The normalized spacial score (nSPS) is 9.40. The summed E-state index contributed by atoms with van der Waals surface area (Å²) >= 11 is 0. The molecule has 0 spiro atoms. The summed E-state index contributed by atoms with van der Waals surface area (Å²) in [5.41, 5.74) is -2.97. The SMILES string of the molecule is N.O=C([O-])CC(O)(CC(=O)[O-])C(=O)[O-].[Cu]. The fraction of sp³-hybridized carbons (Fsp3) is 0.500. The molecule has 8 nitrogen and oxygen atoms in total. The molecule has 0 saturated carbocycles. The zero-order valence-electron chi connectivity index (χ0n) is 7.32. The minimum atomic E-state index is -2.97. The summed E-state index contributed by atoms with van der Waals surface area (Å²) in [4.78, 5) is 30.0. The maximum Gasteiger partial charge on any atom is 0.114 e. The molecular weight excluding hydrogens is 262 g/mol. The second-order valence-electron chi connectivity index (χ2n) is 2.42. The number of hydrogen-bond acceptors (Lipinski definition) is 8. The molecule has 0 aromatic carbocycles. The van der Waals surface area contributed by atoms with E-state index in [4.69, 9.17) is 5.11 Å². The molecule has 0 atom stereocenters. The molecule has 1 radical (unpaired) electrons. The van der Waals surface area contributed by atoms with Gasteiger partial charge in [0.05, 0.1) is 5.97 Å². The summed E-state index contributed by atoms with van der Waals surface area (Å²) in [6.07, 6.45) is -2.72. The van der Waals surface area contributed by atoms with E-state index in [2.05, 4.69) is 0 Å². The molecule has 0 unspecified atom stereocenters. The van der Waals surface area contributed by atoms with Gasteiger partial charge in [0.1, 0.15) is 5.60 Å². The van der Waals surface area contributed by atoms with Gasteiger partial charge in [-0.15, -0.1) is 0 Å². The van der Waals surface area contributed by atoms with Gasteiger partial charge in [0.25, 0.3) is 0 Å². The minimum absolute atomic E-state index is 0. The Morgan fingerprint density at radius 1 is 1.00 bits per heavy atom. The smallest absolute Gasteiger partial charge is 0.114 e. The first kappa shape index (κ1) is 19.4. The van der Waals surface area contributed by atoms with Crippen LogP contribution in [0.2, 0.25) is 0 Å². The third-order valence-electron chi connectivity index (χ3n) is 1.25. The molecule has 0 aromatic rings. The van der Waals surface area contributed by atoms with Crippen molar-refractivity contribution in [2.75, 3.05) is 0 Å². The zero-order valence-corrected chi connectivity index (χ0v) is 8.26. The molecule has 0 aliphatic heterocycles. The van der Waals surface area contributed by atoms with Crippen LogP contribution in [0.5, 0.6) is 0 Å². The Labute approximate surface area is 95.0 Å². The third-order valence-corrected chi connectivity index (χ3v) is 1.25. The van der Waals surface area contributed by atoms with Crippen molar-refractivity contribution in [1.29, 1.82) is 0 Å². The van der Waals surface area contributed by atoms with Crippen LogP contribution in [0, 0.1) is 0 Å². The molecule has 0 aliphatic rings. The van der Waals surface area contributed by atoms with Crippen LogP contribution in [-0.2, 0) is 31.5 Å². The van der Waals surface area contributed by atoms with Gasteiger partial charge >= 0.3 is 0 Å². The van der Waals surface area contributed by atoms with E-state index < -0.39 is 36.4 Å². The van der Waals surface area contributed by atoms with Crippen molar-refractivity contribution in [2.45, 2.75) is 18.4 Å². The van der Waals surface area contributed by atoms with Crippen LogP contribution in [0.15, 0.2) is 0 Å². The quantitative estimate of drug-likeness (QED) is 0.466. The number of carbonyl (C=O) groups is 3. The van der Waals surface area contributed by atoms with E-state index in [1.165, 1.54) is 0 Å². The van der Waals surface area contributed by atoms with E-state index in [1.54, 1.807) is 0 Å². The first-order valence-electron chi connectivity index (χ1n) is 3.11. The Bertz CT molecular complexity index is 238. The summed E-state index contributed by atoms with van der Waals surface area (Å²) in [5, 5.41) is 38.9. The molecule has 93 valence electrons. The average molecular weight is 270 g/mol. The van der Waals surface area contributed by atoms with Crippen molar-refractivity contribution >= 4 is 17.9 Å². The Hall–Kier alpha value is -1.15. The molecule has 0 bridgehead atoms. The number of aliphatic hydroxyl groups is 1. The molecule has 0 amide bonds. The van der Waals surface area contributed by atoms with Gasteiger partial charge in [0.15, 0.2) is 0 Å². The predicted molar refractivity (Wildman–Crippen MR) is 34.2 cm³/mol. The largest absolute Gasteiger partial charge is 0.550 e. The molecular formula is C6H8CuNO7-3. The monoisotopic (exact) mass is 269 g/mol. The van der Waals surface area contributed by atoms with Crippen molar-refractivity contribution in [3.05, 3.63) is 0 Å². The van der Waals surface area contributed by atoms with Crippen LogP contribution in [0.4, 0.5) is 0 Å². The first-order chi connectivity index (χ1) is 5.78. The first-order valence-corrected chi connectivity index (χ1v) is 3.11. The van der Waals surface area contributed by atoms with E-state index >= 15 is 0 Å². The summed E-state index contributed by atoms with van der Waals surface area (Å²) < 4.78 is 0. The zero-order chi connectivity index (χ0) is 10.6. The van der Waals surface area contributed by atoms with Crippen LogP contribution >= 0.6 is 0 Å². The second kappa shape index (κ2) is 7.18. The van der Waals surface area contributed by atoms with Crippen LogP contribution in [-0.4, -0.2) is 28.6 Å². The Balaban J connectivity index is -0.000000720. The molecule has 0 aliphatic carbocycles.